The van der Waals surface area contributed by atoms with Crippen molar-refractivity contribution >= 4 is 9.84 Å². The van der Waals surface area contributed by atoms with E-state index in [0.717, 1.165) is 0 Å². The summed E-state index contributed by atoms with van der Waals surface area (Å²) in [7, 11) is -2.88. The molecular weight excluding hydrogens is 202 g/mol. The van der Waals surface area contributed by atoms with Gasteiger partial charge in [-0.2, -0.15) is 0 Å². The molecule has 0 amide bonds. The van der Waals surface area contributed by atoms with Crippen LogP contribution in [0, 0.1) is 5.92 Å². The van der Waals surface area contributed by atoms with Crippen molar-refractivity contribution in [3.8, 4) is 0 Å². The molecule has 0 spiro atoms. The first kappa shape index (κ1) is 13.9. The lowest BCUT2D eigenvalue weighted by Gasteiger charge is -2.14. The smallest absolute Gasteiger partial charge is 0.151 e. The fourth-order valence-electron chi connectivity index (χ4n) is 0.858. The molecule has 86 valence electrons. The third-order valence-electron chi connectivity index (χ3n) is 2.15. The number of nitrogens with one attached hydrogen (secondary N) is 1. The van der Waals surface area contributed by atoms with Gasteiger partial charge in [0.2, 0.25) is 0 Å². The van der Waals surface area contributed by atoms with Gasteiger partial charge in [-0.05, 0) is 5.92 Å². The van der Waals surface area contributed by atoms with E-state index in [9.17, 15) is 13.5 Å². The lowest BCUT2D eigenvalue weighted by atomic mass is 10.1. The lowest BCUT2D eigenvalue weighted by Crippen LogP contribution is -2.33. The van der Waals surface area contributed by atoms with Crippen molar-refractivity contribution in [1.82, 2.24) is 5.32 Å². The minimum atomic E-state index is -2.88. The Morgan fingerprint density at radius 1 is 1.36 bits per heavy atom. The summed E-state index contributed by atoms with van der Waals surface area (Å²) in [6.45, 7) is 6.36. The average molecular weight is 223 g/mol. The Balaban J connectivity index is 3.57. The van der Waals surface area contributed by atoms with Gasteiger partial charge in [-0.3, -0.25) is 0 Å². The molecule has 0 bridgehead atoms. The Morgan fingerprint density at radius 3 is 2.36 bits per heavy atom. The van der Waals surface area contributed by atoms with Gasteiger partial charge in [-0.15, -0.1) is 0 Å². The van der Waals surface area contributed by atoms with Crippen molar-refractivity contribution in [2.24, 2.45) is 5.92 Å². The summed E-state index contributed by atoms with van der Waals surface area (Å²) in [4.78, 5) is 0. The van der Waals surface area contributed by atoms with Crippen molar-refractivity contribution in [3.63, 3.8) is 0 Å². The summed E-state index contributed by atoms with van der Waals surface area (Å²) in [5.41, 5.74) is 0. The maximum absolute atomic E-state index is 11.1. The van der Waals surface area contributed by atoms with Crippen LogP contribution in [0.5, 0.6) is 0 Å². The summed E-state index contributed by atoms with van der Waals surface area (Å²) >= 11 is 0. The summed E-state index contributed by atoms with van der Waals surface area (Å²) in [6, 6.07) is 0. The second-order valence-corrected chi connectivity index (χ2v) is 6.22. The minimum absolute atomic E-state index is 0.147. The zero-order valence-electron chi connectivity index (χ0n) is 9.16. The van der Waals surface area contributed by atoms with Gasteiger partial charge in [0.25, 0.3) is 0 Å². The molecule has 1 unspecified atom stereocenters. The van der Waals surface area contributed by atoms with Crippen LogP contribution in [0.2, 0.25) is 0 Å². The SMILES string of the molecule is CCS(=O)(=O)CCNCC(O)C(C)C. The highest BCUT2D eigenvalue weighted by molar-refractivity contribution is 7.91. The van der Waals surface area contributed by atoms with Crippen molar-refractivity contribution in [1.29, 1.82) is 0 Å². The van der Waals surface area contributed by atoms with Crippen molar-refractivity contribution in [2.45, 2.75) is 26.9 Å². The molecule has 0 saturated carbocycles. The predicted molar refractivity (Wildman–Crippen MR) is 58.0 cm³/mol. The third-order valence-corrected chi connectivity index (χ3v) is 3.86. The van der Waals surface area contributed by atoms with Crippen LogP contribution < -0.4 is 5.32 Å². The predicted octanol–water partition coefficient (Wildman–Crippen LogP) is 0.0276. The fourth-order valence-corrected chi connectivity index (χ4v) is 1.60. The summed E-state index contributed by atoms with van der Waals surface area (Å²) in [5, 5.41) is 12.3. The van der Waals surface area contributed by atoms with Gasteiger partial charge in [-0.1, -0.05) is 20.8 Å². The van der Waals surface area contributed by atoms with Crippen molar-refractivity contribution in [3.05, 3.63) is 0 Å². The first-order chi connectivity index (χ1) is 6.39. The number of hydrogen-bond donors (Lipinski definition) is 2. The number of sulfone groups is 1. The summed E-state index contributed by atoms with van der Waals surface area (Å²) in [6.07, 6.45) is -0.403. The Hall–Kier alpha value is -0.130. The number of rotatable bonds is 7. The molecule has 0 radical (unpaired) electrons. The Morgan fingerprint density at radius 2 is 1.93 bits per heavy atom. The van der Waals surface area contributed by atoms with E-state index in [4.69, 9.17) is 0 Å². The Kier molecular flexibility index (Phi) is 6.31. The molecule has 0 rings (SSSR count). The zero-order chi connectivity index (χ0) is 11.2. The molecule has 4 nitrogen and oxygen atoms in total. The highest BCUT2D eigenvalue weighted by Crippen LogP contribution is 1.98. The van der Waals surface area contributed by atoms with Crippen LogP contribution in [0.1, 0.15) is 20.8 Å². The quantitative estimate of drug-likeness (QED) is 0.598. The van der Waals surface area contributed by atoms with E-state index < -0.39 is 15.9 Å². The summed E-state index contributed by atoms with van der Waals surface area (Å²) in [5.74, 6) is 0.528. The molecule has 0 fully saturated rings. The molecule has 0 aliphatic heterocycles. The van der Waals surface area contributed by atoms with Gasteiger partial charge in [0.1, 0.15) is 0 Å². The Bertz CT molecular complexity index is 236. The summed E-state index contributed by atoms with van der Waals surface area (Å²) < 4.78 is 22.2. The lowest BCUT2D eigenvalue weighted by molar-refractivity contribution is 0.124. The molecular formula is C9H21NO3S. The van der Waals surface area contributed by atoms with Crippen LogP contribution in [0.4, 0.5) is 0 Å². The highest BCUT2D eigenvalue weighted by atomic mass is 32.2. The maximum Gasteiger partial charge on any atom is 0.151 e. The first-order valence-corrected chi connectivity index (χ1v) is 6.80. The third kappa shape index (κ3) is 6.34. The van der Waals surface area contributed by atoms with Crippen LogP contribution in [-0.2, 0) is 9.84 Å². The molecule has 0 saturated heterocycles. The minimum Gasteiger partial charge on any atom is -0.392 e. The molecule has 1 atom stereocenters. The van der Waals surface area contributed by atoms with Gasteiger partial charge < -0.3 is 10.4 Å². The van der Waals surface area contributed by atoms with Crippen molar-refractivity contribution < 1.29 is 13.5 Å². The molecule has 0 aliphatic carbocycles. The first-order valence-electron chi connectivity index (χ1n) is 4.98. The largest absolute Gasteiger partial charge is 0.392 e. The molecule has 0 aromatic carbocycles. The maximum atomic E-state index is 11.1. The van der Waals surface area contributed by atoms with Crippen LogP contribution in [0.3, 0.4) is 0 Å². The second-order valence-electron chi connectivity index (χ2n) is 3.75. The van der Waals surface area contributed by atoms with Gasteiger partial charge in [0.05, 0.1) is 11.9 Å². The van der Waals surface area contributed by atoms with Gasteiger partial charge in [0, 0.05) is 18.8 Å². The van der Waals surface area contributed by atoms with Crippen LogP contribution in [0.15, 0.2) is 0 Å². The van der Waals surface area contributed by atoms with Gasteiger partial charge in [0.15, 0.2) is 9.84 Å². The molecule has 2 N–H and O–H groups in total. The standard InChI is InChI=1S/C9H21NO3S/c1-4-14(12,13)6-5-10-7-9(11)8(2)3/h8-11H,4-7H2,1-3H3. The normalized spacial score (nSPS) is 14.6. The molecule has 0 aromatic heterocycles. The number of aliphatic hydroxyl groups excluding tert-OH is 1. The van der Waals surface area contributed by atoms with E-state index in [1.54, 1.807) is 6.92 Å². The van der Waals surface area contributed by atoms with Gasteiger partial charge >= 0.3 is 0 Å². The van der Waals surface area contributed by atoms with Gasteiger partial charge in [-0.25, -0.2) is 8.42 Å². The second kappa shape index (κ2) is 6.37. The molecule has 5 heteroatoms. The van der Waals surface area contributed by atoms with E-state index in [2.05, 4.69) is 5.32 Å². The van der Waals surface area contributed by atoms with E-state index in [0.29, 0.717) is 13.1 Å². The van der Waals surface area contributed by atoms with E-state index in [-0.39, 0.29) is 17.4 Å². The monoisotopic (exact) mass is 223 g/mol. The van der Waals surface area contributed by atoms with Crippen LogP contribution in [0.25, 0.3) is 0 Å². The molecule has 0 heterocycles. The number of aliphatic hydroxyl groups is 1. The number of hydrogen-bond acceptors (Lipinski definition) is 4. The van der Waals surface area contributed by atoms with E-state index in [1.165, 1.54) is 0 Å². The fraction of sp³-hybridized carbons (Fsp3) is 1.00. The topological polar surface area (TPSA) is 66.4 Å². The highest BCUT2D eigenvalue weighted by Gasteiger charge is 2.10. The van der Waals surface area contributed by atoms with E-state index in [1.807, 2.05) is 13.8 Å². The average Bonchev–Trinajstić information content (AvgIpc) is 2.12. The zero-order valence-corrected chi connectivity index (χ0v) is 9.97. The van der Waals surface area contributed by atoms with Crippen LogP contribution in [-0.4, -0.2) is 44.2 Å². The molecule has 0 aromatic rings. The molecule has 14 heavy (non-hydrogen) atoms. The van der Waals surface area contributed by atoms with Crippen LogP contribution >= 0.6 is 0 Å². The van der Waals surface area contributed by atoms with E-state index >= 15 is 0 Å². The molecule has 0 aliphatic rings. The van der Waals surface area contributed by atoms with Crippen molar-refractivity contribution in [2.75, 3.05) is 24.6 Å². The Labute approximate surface area is 86.6 Å².